The largest absolute Gasteiger partial charge is 0.370 e. The SMILES string of the molecule is CCCN=C(N)N(C)Cc1ccsc1. The Morgan fingerprint density at radius 3 is 3.00 bits per heavy atom. The lowest BCUT2D eigenvalue weighted by Crippen LogP contribution is -2.33. The summed E-state index contributed by atoms with van der Waals surface area (Å²) in [6, 6.07) is 2.11. The van der Waals surface area contributed by atoms with E-state index in [0.29, 0.717) is 5.96 Å². The number of nitrogens with zero attached hydrogens (tertiary/aromatic N) is 2. The van der Waals surface area contributed by atoms with Crippen molar-refractivity contribution in [2.75, 3.05) is 13.6 Å². The fraction of sp³-hybridized carbons (Fsp3) is 0.500. The van der Waals surface area contributed by atoms with Gasteiger partial charge in [0, 0.05) is 20.1 Å². The number of nitrogens with two attached hydrogens (primary N) is 1. The van der Waals surface area contributed by atoms with Crippen LogP contribution in [0.2, 0.25) is 0 Å². The molecule has 0 aliphatic heterocycles. The van der Waals surface area contributed by atoms with Crippen LogP contribution in [0, 0.1) is 0 Å². The molecule has 0 aliphatic carbocycles. The average molecular weight is 211 g/mol. The zero-order valence-electron chi connectivity index (χ0n) is 8.73. The standard InChI is InChI=1S/C10H17N3S/c1-3-5-12-10(11)13(2)7-9-4-6-14-8-9/h4,6,8H,3,5,7H2,1-2H3,(H2,11,12). The molecule has 14 heavy (non-hydrogen) atoms. The highest BCUT2D eigenvalue weighted by atomic mass is 32.1. The molecule has 0 unspecified atom stereocenters. The van der Waals surface area contributed by atoms with Gasteiger partial charge in [0.2, 0.25) is 0 Å². The summed E-state index contributed by atoms with van der Waals surface area (Å²) in [5.74, 6) is 0.623. The molecule has 1 aromatic heterocycles. The Hall–Kier alpha value is -1.03. The molecule has 2 N–H and O–H groups in total. The quantitative estimate of drug-likeness (QED) is 0.610. The van der Waals surface area contributed by atoms with Gasteiger partial charge in [-0.3, -0.25) is 4.99 Å². The van der Waals surface area contributed by atoms with E-state index in [1.807, 2.05) is 11.9 Å². The molecule has 3 nitrogen and oxygen atoms in total. The summed E-state index contributed by atoms with van der Waals surface area (Å²) in [5, 5.41) is 4.20. The van der Waals surface area contributed by atoms with E-state index in [1.54, 1.807) is 11.3 Å². The second kappa shape index (κ2) is 5.65. The van der Waals surface area contributed by atoms with E-state index in [2.05, 4.69) is 28.7 Å². The number of hydrogen-bond acceptors (Lipinski definition) is 2. The molecule has 0 spiro atoms. The van der Waals surface area contributed by atoms with Gasteiger partial charge in [-0.05, 0) is 28.8 Å². The first-order valence-electron chi connectivity index (χ1n) is 4.76. The first kappa shape index (κ1) is 11.0. The minimum absolute atomic E-state index is 0.623. The van der Waals surface area contributed by atoms with Crippen molar-refractivity contribution < 1.29 is 0 Å². The lowest BCUT2D eigenvalue weighted by molar-refractivity contribution is 0.493. The van der Waals surface area contributed by atoms with E-state index in [9.17, 15) is 0 Å². The van der Waals surface area contributed by atoms with Crippen molar-refractivity contribution in [1.29, 1.82) is 0 Å². The molecule has 78 valence electrons. The summed E-state index contributed by atoms with van der Waals surface area (Å²) in [6.45, 7) is 3.73. The predicted molar refractivity (Wildman–Crippen MR) is 62.6 cm³/mol. The molecular formula is C10H17N3S. The van der Waals surface area contributed by atoms with Crippen molar-refractivity contribution in [3.05, 3.63) is 22.4 Å². The van der Waals surface area contributed by atoms with E-state index in [0.717, 1.165) is 19.5 Å². The molecule has 0 aromatic carbocycles. The van der Waals surface area contributed by atoms with Crippen molar-refractivity contribution >= 4 is 17.3 Å². The van der Waals surface area contributed by atoms with Crippen LogP contribution in [0.15, 0.2) is 21.8 Å². The Kier molecular flexibility index (Phi) is 4.46. The molecule has 0 fully saturated rings. The fourth-order valence-electron chi connectivity index (χ4n) is 1.08. The topological polar surface area (TPSA) is 41.6 Å². The number of aliphatic imine (C=N–C) groups is 1. The van der Waals surface area contributed by atoms with Crippen LogP contribution in [0.3, 0.4) is 0 Å². The fourth-order valence-corrected chi connectivity index (χ4v) is 1.74. The smallest absolute Gasteiger partial charge is 0.191 e. The Balaban J connectivity index is 2.45. The van der Waals surface area contributed by atoms with Gasteiger partial charge in [-0.25, -0.2) is 0 Å². The normalized spacial score (nSPS) is 11.7. The molecule has 0 bridgehead atoms. The van der Waals surface area contributed by atoms with Crippen LogP contribution >= 0.6 is 11.3 Å². The Morgan fingerprint density at radius 2 is 2.43 bits per heavy atom. The lowest BCUT2D eigenvalue weighted by Gasteiger charge is -2.16. The third kappa shape index (κ3) is 3.38. The van der Waals surface area contributed by atoms with Crippen LogP contribution in [0.5, 0.6) is 0 Å². The van der Waals surface area contributed by atoms with Gasteiger partial charge in [-0.1, -0.05) is 6.92 Å². The molecule has 0 atom stereocenters. The van der Waals surface area contributed by atoms with Crippen LogP contribution in [0.4, 0.5) is 0 Å². The van der Waals surface area contributed by atoms with Crippen LogP contribution in [-0.4, -0.2) is 24.5 Å². The van der Waals surface area contributed by atoms with Gasteiger partial charge in [0.1, 0.15) is 0 Å². The van der Waals surface area contributed by atoms with Crippen molar-refractivity contribution in [2.45, 2.75) is 19.9 Å². The molecule has 0 radical (unpaired) electrons. The first-order chi connectivity index (χ1) is 6.74. The highest BCUT2D eigenvalue weighted by Gasteiger charge is 2.02. The lowest BCUT2D eigenvalue weighted by atomic mass is 10.3. The Morgan fingerprint density at radius 1 is 1.64 bits per heavy atom. The molecule has 1 aromatic rings. The summed E-state index contributed by atoms with van der Waals surface area (Å²) < 4.78 is 0. The van der Waals surface area contributed by atoms with E-state index >= 15 is 0 Å². The minimum Gasteiger partial charge on any atom is -0.370 e. The Bertz CT molecular complexity index is 280. The predicted octanol–water partition coefficient (Wildman–Crippen LogP) is 1.90. The zero-order chi connectivity index (χ0) is 10.4. The zero-order valence-corrected chi connectivity index (χ0v) is 9.55. The number of hydrogen-bond donors (Lipinski definition) is 1. The van der Waals surface area contributed by atoms with Crippen molar-refractivity contribution in [3.8, 4) is 0 Å². The van der Waals surface area contributed by atoms with Crippen LogP contribution in [0.1, 0.15) is 18.9 Å². The van der Waals surface area contributed by atoms with Crippen LogP contribution in [0.25, 0.3) is 0 Å². The van der Waals surface area contributed by atoms with Crippen LogP contribution < -0.4 is 5.73 Å². The van der Waals surface area contributed by atoms with E-state index < -0.39 is 0 Å². The average Bonchev–Trinajstić information content (AvgIpc) is 2.66. The van der Waals surface area contributed by atoms with Gasteiger partial charge in [0.25, 0.3) is 0 Å². The molecule has 4 heteroatoms. The maximum atomic E-state index is 5.80. The van der Waals surface area contributed by atoms with E-state index in [4.69, 9.17) is 5.73 Å². The molecular weight excluding hydrogens is 194 g/mol. The van der Waals surface area contributed by atoms with Crippen molar-refractivity contribution in [3.63, 3.8) is 0 Å². The third-order valence-electron chi connectivity index (χ3n) is 1.89. The maximum absolute atomic E-state index is 5.80. The third-order valence-corrected chi connectivity index (χ3v) is 2.62. The summed E-state index contributed by atoms with van der Waals surface area (Å²) in [5.41, 5.74) is 7.08. The highest BCUT2D eigenvalue weighted by molar-refractivity contribution is 7.07. The van der Waals surface area contributed by atoms with Gasteiger partial charge >= 0.3 is 0 Å². The van der Waals surface area contributed by atoms with E-state index in [-0.39, 0.29) is 0 Å². The summed E-state index contributed by atoms with van der Waals surface area (Å²) in [6.07, 6.45) is 1.03. The minimum atomic E-state index is 0.623. The first-order valence-corrected chi connectivity index (χ1v) is 5.70. The highest BCUT2D eigenvalue weighted by Crippen LogP contribution is 2.07. The van der Waals surface area contributed by atoms with Gasteiger partial charge in [0.05, 0.1) is 0 Å². The molecule has 1 heterocycles. The van der Waals surface area contributed by atoms with Crippen molar-refractivity contribution in [2.24, 2.45) is 10.7 Å². The molecule has 0 amide bonds. The molecule has 0 saturated carbocycles. The van der Waals surface area contributed by atoms with Gasteiger partial charge in [-0.2, -0.15) is 11.3 Å². The second-order valence-electron chi connectivity index (χ2n) is 3.23. The van der Waals surface area contributed by atoms with Crippen molar-refractivity contribution in [1.82, 2.24) is 4.90 Å². The maximum Gasteiger partial charge on any atom is 0.191 e. The summed E-state index contributed by atoms with van der Waals surface area (Å²) >= 11 is 1.70. The monoisotopic (exact) mass is 211 g/mol. The molecule has 0 aliphatic rings. The number of guanidine groups is 1. The second-order valence-corrected chi connectivity index (χ2v) is 4.01. The van der Waals surface area contributed by atoms with Gasteiger partial charge < -0.3 is 10.6 Å². The molecule has 1 rings (SSSR count). The van der Waals surface area contributed by atoms with E-state index in [1.165, 1.54) is 5.56 Å². The summed E-state index contributed by atoms with van der Waals surface area (Å²) in [7, 11) is 1.96. The Labute approximate surface area is 89.3 Å². The van der Waals surface area contributed by atoms with Gasteiger partial charge in [-0.15, -0.1) is 0 Å². The molecule has 0 saturated heterocycles. The van der Waals surface area contributed by atoms with Crippen LogP contribution in [-0.2, 0) is 6.54 Å². The number of rotatable bonds is 4. The summed E-state index contributed by atoms with van der Waals surface area (Å²) in [4.78, 5) is 6.22. The van der Waals surface area contributed by atoms with Gasteiger partial charge in [0.15, 0.2) is 5.96 Å². The number of thiophene rings is 1.